The molecule has 0 spiro atoms. The maximum atomic E-state index is 5.49. The van der Waals surface area contributed by atoms with Crippen LogP contribution in [0.25, 0.3) is 0 Å². The molecular weight excluding hydrogens is 234 g/mol. The summed E-state index contributed by atoms with van der Waals surface area (Å²) in [5.41, 5.74) is 1.78. The third-order valence-corrected chi connectivity index (χ3v) is 4.51. The van der Waals surface area contributed by atoms with Gasteiger partial charge in [0.1, 0.15) is 5.75 Å². The zero-order valence-electron chi connectivity index (χ0n) is 12.5. The maximum Gasteiger partial charge on any atom is 0.123 e. The second-order valence-corrected chi connectivity index (χ2v) is 6.10. The molecule has 1 aromatic carbocycles. The fourth-order valence-electron chi connectivity index (χ4n) is 3.20. The van der Waals surface area contributed by atoms with Crippen molar-refractivity contribution < 1.29 is 4.74 Å². The van der Waals surface area contributed by atoms with Gasteiger partial charge in [-0.3, -0.25) is 0 Å². The molecule has 2 heteroatoms. The minimum Gasteiger partial charge on any atom is -0.496 e. The number of hydrogen-bond donors (Lipinski definition) is 1. The van der Waals surface area contributed by atoms with Gasteiger partial charge in [-0.2, -0.15) is 0 Å². The average molecular weight is 261 g/mol. The summed E-state index contributed by atoms with van der Waals surface area (Å²) >= 11 is 0. The van der Waals surface area contributed by atoms with Gasteiger partial charge in [0.25, 0.3) is 0 Å². The van der Waals surface area contributed by atoms with Crippen LogP contribution in [0, 0.1) is 5.41 Å². The van der Waals surface area contributed by atoms with E-state index in [9.17, 15) is 0 Å². The highest BCUT2D eigenvalue weighted by atomic mass is 16.5. The first kappa shape index (κ1) is 14.4. The SMILES string of the molecule is CCC(NCC1(C)CCCC1)c1ccccc1OC. The summed E-state index contributed by atoms with van der Waals surface area (Å²) < 4.78 is 5.49. The second-order valence-electron chi connectivity index (χ2n) is 6.10. The van der Waals surface area contributed by atoms with E-state index in [0.29, 0.717) is 11.5 Å². The summed E-state index contributed by atoms with van der Waals surface area (Å²) in [6.45, 7) is 5.77. The molecule has 0 bridgehead atoms. The highest BCUT2D eigenvalue weighted by molar-refractivity contribution is 5.35. The molecule has 0 amide bonds. The molecule has 1 aliphatic carbocycles. The number of hydrogen-bond acceptors (Lipinski definition) is 2. The summed E-state index contributed by atoms with van der Waals surface area (Å²) in [4.78, 5) is 0. The molecule has 19 heavy (non-hydrogen) atoms. The third kappa shape index (κ3) is 3.50. The molecule has 1 fully saturated rings. The van der Waals surface area contributed by atoms with Gasteiger partial charge in [-0.15, -0.1) is 0 Å². The van der Waals surface area contributed by atoms with E-state index in [1.807, 2.05) is 6.07 Å². The van der Waals surface area contributed by atoms with Gasteiger partial charge >= 0.3 is 0 Å². The van der Waals surface area contributed by atoms with Gasteiger partial charge in [0.15, 0.2) is 0 Å². The first-order chi connectivity index (χ1) is 9.18. The lowest BCUT2D eigenvalue weighted by molar-refractivity contribution is 0.292. The Morgan fingerprint density at radius 3 is 2.58 bits per heavy atom. The molecule has 0 radical (unpaired) electrons. The molecule has 106 valence electrons. The van der Waals surface area contributed by atoms with Gasteiger partial charge in [0, 0.05) is 18.2 Å². The Bertz CT molecular complexity index is 396. The molecule has 0 aliphatic heterocycles. The summed E-state index contributed by atoms with van der Waals surface area (Å²) in [6.07, 6.45) is 6.61. The van der Waals surface area contributed by atoms with Crippen molar-refractivity contribution in [3.05, 3.63) is 29.8 Å². The van der Waals surface area contributed by atoms with Crippen LogP contribution in [-0.2, 0) is 0 Å². The maximum absolute atomic E-state index is 5.49. The van der Waals surface area contributed by atoms with E-state index in [-0.39, 0.29) is 0 Å². The summed E-state index contributed by atoms with van der Waals surface area (Å²) in [7, 11) is 1.75. The van der Waals surface area contributed by atoms with Crippen molar-refractivity contribution in [1.29, 1.82) is 0 Å². The Morgan fingerprint density at radius 2 is 1.95 bits per heavy atom. The Kier molecular flexibility index (Phi) is 4.87. The Hall–Kier alpha value is -1.02. The summed E-state index contributed by atoms with van der Waals surface area (Å²) in [5.74, 6) is 0.999. The van der Waals surface area contributed by atoms with Crippen LogP contribution < -0.4 is 10.1 Å². The van der Waals surface area contributed by atoms with E-state index in [4.69, 9.17) is 4.74 Å². The van der Waals surface area contributed by atoms with Crippen LogP contribution in [-0.4, -0.2) is 13.7 Å². The molecule has 1 aliphatic rings. The van der Waals surface area contributed by atoms with Crippen molar-refractivity contribution in [3.8, 4) is 5.75 Å². The monoisotopic (exact) mass is 261 g/mol. The number of nitrogens with one attached hydrogen (secondary N) is 1. The molecule has 2 nitrogen and oxygen atoms in total. The van der Waals surface area contributed by atoms with Crippen LogP contribution in [0.15, 0.2) is 24.3 Å². The molecule has 2 rings (SSSR count). The zero-order chi connectivity index (χ0) is 13.7. The molecule has 1 atom stereocenters. The topological polar surface area (TPSA) is 21.3 Å². The first-order valence-electron chi connectivity index (χ1n) is 7.55. The number of rotatable bonds is 6. The Balaban J connectivity index is 2.03. The molecule has 0 aromatic heterocycles. The van der Waals surface area contributed by atoms with Crippen LogP contribution in [0.5, 0.6) is 5.75 Å². The van der Waals surface area contributed by atoms with E-state index in [2.05, 4.69) is 37.4 Å². The van der Waals surface area contributed by atoms with Crippen LogP contribution in [0.1, 0.15) is 57.6 Å². The van der Waals surface area contributed by atoms with Crippen molar-refractivity contribution in [2.45, 2.75) is 52.0 Å². The Labute approximate surface area is 117 Å². The fraction of sp³-hybridized carbons (Fsp3) is 0.647. The lowest BCUT2D eigenvalue weighted by Crippen LogP contribution is -2.32. The third-order valence-electron chi connectivity index (χ3n) is 4.51. The van der Waals surface area contributed by atoms with Crippen molar-refractivity contribution in [2.75, 3.05) is 13.7 Å². The lowest BCUT2D eigenvalue weighted by atomic mass is 9.88. The van der Waals surface area contributed by atoms with E-state index in [1.54, 1.807) is 7.11 Å². The van der Waals surface area contributed by atoms with Crippen LogP contribution in [0.3, 0.4) is 0 Å². The number of benzene rings is 1. The quantitative estimate of drug-likeness (QED) is 0.823. The van der Waals surface area contributed by atoms with Crippen molar-refractivity contribution in [3.63, 3.8) is 0 Å². The standard InChI is InChI=1S/C17H27NO/c1-4-15(14-9-5-6-10-16(14)19-3)18-13-17(2)11-7-8-12-17/h5-6,9-10,15,18H,4,7-8,11-13H2,1-3H3. The largest absolute Gasteiger partial charge is 0.496 e. The minimum absolute atomic E-state index is 0.397. The molecule has 1 aromatic rings. The van der Waals surface area contributed by atoms with Crippen molar-refractivity contribution in [2.24, 2.45) is 5.41 Å². The normalized spacial score (nSPS) is 19.3. The van der Waals surface area contributed by atoms with Crippen LogP contribution in [0.4, 0.5) is 0 Å². The highest BCUT2D eigenvalue weighted by Crippen LogP contribution is 2.37. The number of para-hydroxylation sites is 1. The minimum atomic E-state index is 0.397. The molecule has 1 saturated carbocycles. The van der Waals surface area contributed by atoms with Crippen LogP contribution >= 0.6 is 0 Å². The highest BCUT2D eigenvalue weighted by Gasteiger charge is 2.29. The zero-order valence-corrected chi connectivity index (χ0v) is 12.5. The molecule has 1 N–H and O–H groups in total. The number of methoxy groups -OCH3 is 1. The predicted molar refractivity (Wildman–Crippen MR) is 80.6 cm³/mol. The van der Waals surface area contributed by atoms with E-state index in [1.165, 1.54) is 31.2 Å². The van der Waals surface area contributed by atoms with E-state index >= 15 is 0 Å². The van der Waals surface area contributed by atoms with Crippen molar-refractivity contribution in [1.82, 2.24) is 5.32 Å². The van der Waals surface area contributed by atoms with Crippen LogP contribution in [0.2, 0.25) is 0 Å². The van der Waals surface area contributed by atoms with E-state index in [0.717, 1.165) is 18.7 Å². The van der Waals surface area contributed by atoms with Gasteiger partial charge in [-0.05, 0) is 30.7 Å². The summed E-state index contributed by atoms with van der Waals surface area (Å²) in [5, 5.41) is 3.76. The second kappa shape index (κ2) is 6.42. The smallest absolute Gasteiger partial charge is 0.123 e. The van der Waals surface area contributed by atoms with Gasteiger partial charge < -0.3 is 10.1 Å². The molecule has 0 heterocycles. The predicted octanol–water partition coefficient (Wildman–Crippen LogP) is 4.32. The lowest BCUT2D eigenvalue weighted by Gasteiger charge is -2.28. The Morgan fingerprint density at radius 1 is 1.26 bits per heavy atom. The first-order valence-corrected chi connectivity index (χ1v) is 7.55. The van der Waals surface area contributed by atoms with Gasteiger partial charge in [-0.1, -0.05) is 44.9 Å². The van der Waals surface area contributed by atoms with Gasteiger partial charge in [0.05, 0.1) is 7.11 Å². The van der Waals surface area contributed by atoms with Gasteiger partial charge in [0.2, 0.25) is 0 Å². The summed E-state index contributed by atoms with van der Waals surface area (Å²) in [6, 6.07) is 8.76. The number of ether oxygens (including phenoxy) is 1. The average Bonchev–Trinajstić information content (AvgIpc) is 2.87. The van der Waals surface area contributed by atoms with Gasteiger partial charge in [-0.25, -0.2) is 0 Å². The van der Waals surface area contributed by atoms with Crippen molar-refractivity contribution >= 4 is 0 Å². The fourth-order valence-corrected chi connectivity index (χ4v) is 3.20. The molecule has 0 saturated heterocycles. The molecule has 1 unspecified atom stereocenters. The van der Waals surface area contributed by atoms with E-state index < -0.39 is 0 Å². The molecular formula is C17H27NO.